The van der Waals surface area contributed by atoms with Gasteiger partial charge in [-0.3, -0.25) is 13.8 Å². The highest BCUT2D eigenvalue weighted by Gasteiger charge is 2.26. The molecule has 3 atom stereocenters. The molecule has 0 aromatic carbocycles. The average Bonchev–Trinajstić information content (AvgIpc) is 3.31. The lowest BCUT2D eigenvalue weighted by Crippen LogP contribution is -2.29. The number of phosphoric acid groups is 1. The van der Waals surface area contributed by atoms with E-state index in [1.54, 1.807) is 0 Å². The predicted molar refractivity (Wildman–Crippen MR) is 278 cm³/mol. The molecule has 0 aliphatic heterocycles. The molecule has 0 aromatic heterocycles. The van der Waals surface area contributed by atoms with Crippen LogP contribution in [0, 0.1) is 0 Å². The third-order valence-corrected chi connectivity index (χ3v) is 11.4. The zero-order chi connectivity index (χ0) is 48.1. The van der Waals surface area contributed by atoms with Gasteiger partial charge in [0.15, 0.2) is 0 Å². The number of aliphatic hydroxyl groups is 2. The summed E-state index contributed by atoms with van der Waals surface area (Å²) < 4.78 is 33.5. The van der Waals surface area contributed by atoms with Crippen molar-refractivity contribution in [3.63, 3.8) is 0 Å². The maximum absolute atomic E-state index is 12.7. The van der Waals surface area contributed by atoms with Crippen LogP contribution in [0.5, 0.6) is 0 Å². The van der Waals surface area contributed by atoms with E-state index in [9.17, 15) is 19.4 Å². The van der Waals surface area contributed by atoms with Crippen molar-refractivity contribution in [2.24, 2.45) is 0 Å². The standard InChI is InChI=1S/C56H95O9P/c1-3-5-7-9-11-13-15-17-19-21-23-25-26-27-29-31-33-35-37-39-41-43-45-47-49-62-52-55(53-64-66(60,61)63-51-54(58)50-57)65-56(59)48-46-44-42-40-38-36-34-32-30-28-24-22-20-18-16-14-12-10-8-6-4-2/h5-8,11-14,17-20,23-25,27-29,54-55,57-58H,3-4,9-10,15-16,21-22,26,30-53H2,1-2H3,(H,60,61)/b7-5-,8-6-,13-11-,14-12-,19-17-,20-18-,25-23-,28-24-,29-27-. The Morgan fingerprint density at radius 3 is 1.23 bits per heavy atom. The molecule has 0 amide bonds. The molecule has 0 aromatic rings. The topological polar surface area (TPSA) is 132 Å². The number of hydrogen-bond acceptors (Lipinski definition) is 8. The maximum Gasteiger partial charge on any atom is 0.472 e. The molecule has 0 radical (unpaired) electrons. The Labute approximate surface area is 403 Å². The van der Waals surface area contributed by atoms with Crippen LogP contribution in [0.2, 0.25) is 0 Å². The molecule has 0 spiro atoms. The van der Waals surface area contributed by atoms with Crippen LogP contribution in [0.3, 0.4) is 0 Å². The highest BCUT2D eigenvalue weighted by atomic mass is 31.2. The Morgan fingerprint density at radius 2 is 0.818 bits per heavy atom. The number of unbranched alkanes of at least 4 members (excludes halogenated alkanes) is 16. The average molecular weight is 943 g/mol. The quantitative estimate of drug-likeness (QED) is 0.0236. The minimum absolute atomic E-state index is 0.0329. The smallest absolute Gasteiger partial charge is 0.457 e. The minimum Gasteiger partial charge on any atom is -0.457 e. The molecule has 0 heterocycles. The van der Waals surface area contributed by atoms with E-state index in [4.69, 9.17) is 23.6 Å². The fourth-order valence-electron chi connectivity index (χ4n) is 6.61. The lowest BCUT2D eigenvalue weighted by Gasteiger charge is -2.20. The van der Waals surface area contributed by atoms with Crippen molar-refractivity contribution in [2.75, 3.05) is 33.0 Å². The molecule has 0 aliphatic rings. The van der Waals surface area contributed by atoms with Gasteiger partial charge in [0, 0.05) is 13.0 Å². The van der Waals surface area contributed by atoms with Gasteiger partial charge in [-0.1, -0.05) is 200 Å². The van der Waals surface area contributed by atoms with E-state index in [2.05, 4.69) is 123 Å². The van der Waals surface area contributed by atoms with Gasteiger partial charge in [0.25, 0.3) is 0 Å². The van der Waals surface area contributed by atoms with Gasteiger partial charge in [0.2, 0.25) is 0 Å². The van der Waals surface area contributed by atoms with Gasteiger partial charge < -0.3 is 24.6 Å². The molecule has 0 fully saturated rings. The molecule has 3 unspecified atom stereocenters. The van der Waals surface area contributed by atoms with Crippen LogP contribution < -0.4 is 0 Å². The molecule has 9 nitrogen and oxygen atoms in total. The number of carbonyl (C=O) groups is 1. The van der Waals surface area contributed by atoms with Gasteiger partial charge in [-0.05, 0) is 96.3 Å². The monoisotopic (exact) mass is 943 g/mol. The van der Waals surface area contributed by atoms with Crippen LogP contribution in [0.25, 0.3) is 0 Å². The van der Waals surface area contributed by atoms with Crippen LogP contribution in [0.15, 0.2) is 109 Å². The fourth-order valence-corrected chi connectivity index (χ4v) is 7.40. The van der Waals surface area contributed by atoms with E-state index in [1.807, 2.05) is 0 Å². The van der Waals surface area contributed by atoms with Gasteiger partial charge in [-0.25, -0.2) is 4.57 Å². The summed E-state index contributed by atoms with van der Waals surface area (Å²) in [4.78, 5) is 22.7. The number of rotatable bonds is 48. The number of hydrogen-bond donors (Lipinski definition) is 3. The summed E-state index contributed by atoms with van der Waals surface area (Å²) in [6, 6.07) is 0. The molecular weight excluding hydrogens is 848 g/mol. The summed E-state index contributed by atoms with van der Waals surface area (Å²) in [5, 5.41) is 18.4. The summed E-state index contributed by atoms with van der Waals surface area (Å²) in [7, 11) is -4.54. The first-order chi connectivity index (χ1) is 32.3. The Balaban J connectivity index is 4.14. The lowest BCUT2D eigenvalue weighted by atomic mass is 10.1. The first-order valence-electron chi connectivity index (χ1n) is 25.9. The molecule has 378 valence electrons. The van der Waals surface area contributed by atoms with Crippen LogP contribution in [0.4, 0.5) is 0 Å². The fraction of sp³-hybridized carbons (Fsp3) is 0.661. The Hall–Kier alpha value is -2.88. The molecule has 3 N–H and O–H groups in total. The summed E-state index contributed by atoms with van der Waals surface area (Å²) in [6.07, 6.45) is 67.6. The first kappa shape index (κ1) is 63.1. The zero-order valence-electron chi connectivity index (χ0n) is 41.6. The zero-order valence-corrected chi connectivity index (χ0v) is 42.5. The second kappa shape index (κ2) is 51.5. The van der Waals surface area contributed by atoms with Gasteiger partial charge in [-0.15, -0.1) is 0 Å². The highest BCUT2D eigenvalue weighted by Crippen LogP contribution is 2.43. The number of ether oxygens (including phenoxy) is 2. The SMILES string of the molecule is CC/C=C\C/C=C\C/C=C\C/C=C\C/C=C\CCCCCCCCCCOCC(COP(=O)(O)OCC(O)CO)OC(=O)CCCCCCCCCC/C=C\C/C=C\C/C=C\C/C=C\CC. The van der Waals surface area contributed by atoms with E-state index in [0.29, 0.717) is 13.0 Å². The van der Waals surface area contributed by atoms with Crippen molar-refractivity contribution in [1.29, 1.82) is 0 Å². The number of aliphatic hydroxyl groups excluding tert-OH is 2. The number of carbonyl (C=O) groups excluding carboxylic acids is 1. The van der Waals surface area contributed by atoms with E-state index in [0.717, 1.165) is 109 Å². The molecule has 10 heteroatoms. The van der Waals surface area contributed by atoms with Crippen molar-refractivity contribution in [2.45, 2.75) is 206 Å². The van der Waals surface area contributed by atoms with Crippen LogP contribution in [-0.4, -0.2) is 66.3 Å². The summed E-state index contributed by atoms with van der Waals surface area (Å²) in [6.45, 7) is 3.25. The molecule has 0 saturated carbocycles. The Morgan fingerprint density at radius 1 is 0.470 bits per heavy atom. The van der Waals surface area contributed by atoms with Crippen molar-refractivity contribution >= 4 is 13.8 Å². The summed E-state index contributed by atoms with van der Waals surface area (Å²) >= 11 is 0. The number of esters is 1. The van der Waals surface area contributed by atoms with E-state index in [-0.39, 0.29) is 13.0 Å². The van der Waals surface area contributed by atoms with Crippen molar-refractivity contribution in [3.8, 4) is 0 Å². The van der Waals surface area contributed by atoms with E-state index in [1.165, 1.54) is 57.8 Å². The minimum atomic E-state index is -4.54. The Bertz CT molecular complexity index is 1390. The van der Waals surface area contributed by atoms with Crippen molar-refractivity contribution < 1.29 is 43.0 Å². The van der Waals surface area contributed by atoms with Crippen LogP contribution >= 0.6 is 7.82 Å². The summed E-state index contributed by atoms with van der Waals surface area (Å²) in [5.74, 6) is -0.398. The molecule has 0 rings (SSSR count). The molecule has 0 bridgehead atoms. The van der Waals surface area contributed by atoms with Gasteiger partial charge in [-0.2, -0.15) is 0 Å². The van der Waals surface area contributed by atoms with Gasteiger partial charge in [0.05, 0.1) is 26.4 Å². The third-order valence-electron chi connectivity index (χ3n) is 10.5. The second-order valence-corrected chi connectivity index (χ2v) is 18.2. The maximum atomic E-state index is 12.7. The van der Waals surface area contributed by atoms with E-state index >= 15 is 0 Å². The van der Waals surface area contributed by atoms with Gasteiger partial charge in [0.1, 0.15) is 12.2 Å². The highest BCUT2D eigenvalue weighted by molar-refractivity contribution is 7.47. The van der Waals surface area contributed by atoms with Crippen LogP contribution in [0.1, 0.15) is 194 Å². The van der Waals surface area contributed by atoms with Crippen molar-refractivity contribution in [1.82, 2.24) is 0 Å². The van der Waals surface area contributed by atoms with Crippen molar-refractivity contribution in [3.05, 3.63) is 109 Å². The predicted octanol–water partition coefficient (Wildman–Crippen LogP) is 15.4. The first-order valence-corrected chi connectivity index (χ1v) is 27.4. The Kier molecular flexibility index (Phi) is 49.3. The lowest BCUT2D eigenvalue weighted by molar-refractivity contribution is -0.154. The van der Waals surface area contributed by atoms with Crippen LogP contribution in [-0.2, 0) is 27.9 Å². The van der Waals surface area contributed by atoms with Gasteiger partial charge >= 0.3 is 13.8 Å². The van der Waals surface area contributed by atoms with E-state index < -0.39 is 45.8 Å². The molecule has 0 saturated heterocycles. The third kappa shape index (κ3) is 50.5. The number of allylic oxidation sites excluding steroid dienone is 18. The summed E-state index contributed by atoms with van der Waals surface area (Å²) in [5.41, 5.74) is 0. The normalized spacial score (nSPS) is 14.7. The molecule has 0 aliphatic carbocycles. The number of phosphoric ester groups is 1. The second-order valence-electron chi connectivity index (χ2n) is 16.8. The largest absolute Gasteiger partial charge is 0.472 e. The molecule has 66 heavy (non-hydrogen) atoms. The molecular formula is C56H95O9P.